The molecule has 0 aromatic carbocycles. The van der Waals surface area contributed by atoms with Gasteiger partial charge in [0.05, 0.1) is 0 Å². The number of hydrogen-bond donors (Lipinski definition) is 1. The average Bonchev–Trinajstić information content (AvgIpc) is 2.34. The van der Waals surface area contributed by atoms with Crippen LogP contribution in [-0.4, -0.2) is 5.54 Å². The van der Waals surface area contributed by atoms with Crippen LogP contribution >= 0.6 is 0 Å². The van der Waals surface area contributed by atoms with Crippen LogP contribution < -0.4 is 5.73 Å². The molecule has 0 saturated heterocycles. The van der Waals surface area contributed by atoms with Crippen LogP contribution in [0.2, 0.25) is 0 Å². The van der Waals surface area contributed by atoms with Gasteiger partial charge in [0.1, 0.15) is 0 Å². The molecule has 0 radical (unpaired) electrons. The van der Waals surface area contributed by atoms with Gasteiger partial charge in [-0.3, -0.25) is 0 Å². The first-order chi connectivity index (χ1) is 8.20. The molecule has 1 fully saturated rings. The summed E-state index contributed by atoms with van der Waals surface area (Å²) in [6, 6.07) is 0. The van der Waals surface area contributed by atoms with E-state index in [2.05, 4.69) is 13.8 Å². The Morgan fingerprint density at radius 1 is 0.941 bits per heavy atom. The van der Waals surface area contributed by atoms with Gasteiger partial charge in [-0.2, -0.15) is 0 Å². The minimum absolute atomic E-state index is 0.205. The third-order valence-corrected chi connectivity index (χ3v) is 4.60. The third kappa shape index (κ3) is 5.90. The summed E-state index contributed by atoms with van der Waals surface area (Å²) in [7, 11) is 0. The second-order valence-electron chi connectivity index (χ2n) is 6.26. The standard InChI is InChI=1S/C16H33N/c1-3-5-7-8-12-16(17)13-10-15(11-14-16)9-6-4-2/h15H,3-14,17H2,1-2H3. The summed E-state index contributed by atoms with van der Waals surface area (Å²) >= 11 is 0. The Morgan fingerprint density at radius 2 is 1.59 bits per heavy atom. The van der Waals surface area contributed by atoms with Gasteiger partial charge in [-0.15, -0.1) is 0 Å². The Morgan fingerprint density at radius 3 is 2.18 bits per heavy atom. The number of nitrogens with two attached hydrogens (primary N) is 1. The SMILES string of the molecule is CCCCCCC1(N)CCC(CCCC)CC1. The fourth-order valence-corrected chi connectivity index (χ4v) is 3.19. The third-order valence-electron chi connectivity index (χ3n) is 4.60. The molecule has 0 spiro atoms. The first-order valence-electron chi connectivity index (χ1n) is 7.99. The first-order valence-corrected chi connectivity index (χ1v) is 7.99. The molecule has 0 atom stereocenters. The second kappa shape index (κ2) is 8.13. The number of rotatable bonds is 8. The monoisotopic (exact) mass is 239 g/mol. The van der Waals surface area contributed by atoms with E-state index in [9.17, 15) is 0 Å². The zero-order chi connectivity index (χ0) is 12.6. The summed E-state index contributed by atoms with van der Waals surface area (Å²) in [6.07, 6.45) is 16.3. The fraction of sp³-hybridized carbons (Fsp3) is 1.00. The van der Waals surface area contributed by atoms with Gasteiger partial charge in [0.15, 0.2) is 0 Å². The van der Waals surface area contributed by atoms with Gasteiger partial charge in [-0.05, 0) is 38.0 Å². The van der Waals surface area contributed by atoms with Crippen molar-refractivity contribution in [1.82, 2.24) is 0 Å². The van der Waals surface area contributed by atoms with Crippen molar-refractivity contribution >= 4 is 0 Å². The molecule has 1 rings (SSSR count). The minimum atomic E-state index is 0.205. The molecule has 0 amide bonds. The van der Waals surface area contributed by atoms with E-state index in [-0.39, 0.29) is 5.54 Å². The van der Waals surface area contributed by atoms with Crippen LogP contribution in [0.4, 0.5) is 0 Å². The fourth-order valence-electron chi connectivity index (χ4n) is 3.19. The van der Waals surface area contributed by atoms with E-state index in [1.807, 2.05) is 0 Å². The minimum Gasteiger partial charge on any atom is -0.325 e. The van der Waals surface area contributed by atoms with Crippen LogP contribution in [0.1, 0.15) is 90.9 Å². The van der Waals surface area contributed by atoms with E-state index >= 15 is 0 Å². The molecule has 0 heterocycles. The molecule has 17 heavy (non-hydrogen) atoms. The summed E-state index contributed by atoms with van der Waals surface area (Å²) in [6.45, 7) is 4.57. The first kappa shape index (κ1) is 15.0. The van der Waals surface area contributed by atoms with Gasteiger partial charge in [-0.25, -0.2) is 0 Å². The van der Waals surface area contributed by atoms with Gasteiger partial charge in [0.2, 0.25) is 0 Å². The van der Waals surface area contributed by atoms with E-state index < -0.39 is 0 Å². The van der Waals surface area contributed by atoms with Crippen molar-refractivity contribution in [1.29, 1.82) is 0 Å². The summed E-state index contributed by atoms with van der Waals surface area (Å²) < 4.78 is 0. The highest BCUT2D eigenvalue weighted by molar-refractivity contribution is 4.89. The van der Waals surface area contributed by atoms with E-state index in [0.717, 1.165) is 5.92 Å². The van der Waals surface area contributed by atoms with E-state index in [4.69, 9.17) is 5.73 Å². The topological polar surface area (TPSA) is 26.0 Å². The van der Waals surface area contributed by atoms with Crippen molar-refractivity contribution in [2.24, 2.45) is 11.7 Å². The second-order valence-corrected chi connectivity index (χ2v) is 6.26. The van der Waals surface area contributed by atoms with Crippen LogP contribution in [0.25, 0.3) is 0 Å². The Labute approximate surface area is 109 Å². The van der Waals surface area contributed by atoms with Crippen LogP contribution in [0, 0.1) is 5.92 Å². The average molecular weight is 239 g/mol. The predicted molar refractivity (Wildman–Crippen MR) is 77.2 cm³/mol. The Hall–Kier alpha value is -0.0400. The lowest BCUT2D eigenvalue weighted by Gasteiger charge is -2.37. The Bertz CT molecular complexity index is 180. The van der Waals surface area contributed by atoms with Crippen molar-refractivity contribution in [3.63, 3.8) is 0 Å². The van der Waals surface area contributed by atoms with E-state index in [0.29, 0.717) is 0 Å². The molecule has 0 aromatic rings. The largest absolute Gasteiger partial charge is 0.325 e. The Kier molecular flexibility index (Phi) is 7.18. The molecule has 0 bridgehead atoms. The van der Waals surface area contributed by atoms with Crippen LogP contribution in [0.3, 0.4) is 0 Å². The maximum Gasteiger partial charge on any atom is 0.0154 e. The zero-order valence-electron chi connectivity index (χ0n) is 12.1. The summed E-state index contributed by atoms with van der Waals surface area (Å²) in [5.74, 6) is 0.988. The molecule has 1 saturated carbocycles. The van der Waals surface area contributed by atoms with Crippen molar-refractivity contribution in [2.45, 2.75) is 96.4 Å². The maximum absolute atomic E-state index is 6.53. The Balaban J connectivity index is 2.14. The quantitative estimate of drug-likeness (QED) is 0.590. The molecule has 0 aromatic heterocycles. The number of hydrogen-bond acceptors (Lipinski definition) is 1. The van der Waals surface area contributed by atoms with Crippen molar-refractivity contribution in [3.8, 4) is 0 Å². The lowest BCUT2D eigenvalue weighted by molar-refractivity contribution is 0.207. The highest BCUT2D eigenvalue weighted by Crippen LogP contribution is 2.35. The summed E-state index contributed by atoms with van der Waals surface area (Å²) in [5, 5.41) is 0. The van der Waals surface area contributed by atoms with Gasteiger partial charge in [0, 0.05) is 5.54 Å². The van der Waals surface area contributed by atoms with Gasteiger partial charge in [-0.1, -0.05) is 58.8 Å². The normalized spacial score (nSPS) is 29.5. The van der Waals surface area contributed by atoms with Crippen LogP contribution in [0.15, 0.2) is 0 Å². The predicted octanol–water partition coefficient (Wildman–Crippen LogP) is 5.03. The van der Waals surface area contributed by atoms with E-state index in [1.54, 1.807) is 0 Å². The highest BCUT2D eigenvalue weighted by atomic mass is 14.7. The van der Waals surface area contributed by atoms with Gasteiger partial charge < -0.3 is 5.73 Å². The van der Waals surface area contributed by atoms with Crippen molar-refractivity contribution in [2.75, 3.05) is 0 Å². The molecule has 0 aliphatic heterocycles. The molecular formula is C16H33N. The smallest absolute Gasteiger partial charge is 0.0154 e. The van der Waals surface area contributed by atoms with Crippen LogP contribution in [0.5, 0.6) is 0 Å². The lowest BCUT2D eigenvalue weighted by atomic mass is 9.73. The van der Waals surface area contributed by atoms with E-state index in [1.165, 1.54) is 77.0 Å². The molecule has 1 nitrogen and oxygen atoms in total. The molecule has 1 aliphatic carbocycles. The molecule has 0 unspecified atom stereocenters. The number of unbranched alkanes of at least 4 members (excludes halogenated alkanes) is 4. The summed E-state index contributed by atoms with van der Waals surface area (Å²) in [5.41, 5.74) is 6.74. The van der Waals surface area contributed by atoms with Crippen molar-refractivity contribution in [3.05, 3.63) is 0 Å². The maximum atomic E-state index is 6.53. The van der Waals surface area contributed by atoms with Crippen LogP contribution in [-0.2, 0) is 0 Å². The zero-order valence-corrected chi connectivity index (χ0v) is 12.1. The van der Waals surface area contributed by atoms with Gasteiger partial charge in [0.25, 0.3) is 0 Å². The molecule has 2 N–H and O–H groups in total. The van der Waals surface area contributed by atoms with Crippen molar-refractivity contribution < 1.29 is 0 Å². The van der Waals surface area contributed by atoms with Gasteiger partial charge >= 0.3 is 0 Å². The molecule has 102 valence electrons. The highest BCUT2D eigenvalue weighted by Gasteiger charge is 2.30. The molecule has 1 heteroatoms. The summed E-state index contributed by atoms with van der Waals surface area (Å²) in [4.78, 5) is 0. The lowest BCUT2D eigenvalue weighted by Crippen LogP contribution is -2.43. The molecule has 1 aliphatic rings. The molecular weight excluding hydrogens is 206 g/mol.